The van der Waals surface area contributed by atoms with Gasteiger partial charge in [0.2, 0.25) is 5.91 Å². The SMILES string of the molecule is CC1CCC(NC(=O)C2(C)Cn3c(cc4occc43)C(=O)N2Cc2ccccc2F)CC1. The quantitative estimate of drug-likeness (QED) is 0.654. The summed E-state index contributed by atoms with van der Waals surface area (Å²) in [5, 5.41) is 3.20. The van der Waals surface area contributed by atoms with Crippen LogP contribution in [-0.4, -0.2) is 32.9 Å². The Morgan fingerprint density at radius 2 is 1.97 bits per heavy atom. The number of hydrogen-bond acceptors (Lipinski definition) is 3. The lowest BCUT2D eigenvalue weighted by atomic mass is 9.86. The van der Waals surface area contributed by atoms with Crippen LogP contribution in [-0.2, 0) is 17.9 Å². The van der Waals surface area contributed by atoms with Crippen molar-refractivity contribution in [2.75, 3.05) is 0 Å². The van der Waals surface area contributed by atoms with E-state index in [1.807, 2.05) is 4.57 Å². The van der Waals surface area contributed by atoms with Crippen LogP contribution in [0.5, 0.6) is 0 Å². The molecule has 168 valence electrons. The largest absolute Gasteiger partial charge is 0.463 e. The molecule has 0 bridgehead atoms. The molecule has 1 fully saturated rings. The minimum absolute atomic E-state index is 0.0175. The zero-order valence-corrected chi connectivity index (χ0v) is 18.4. The van der Waals surface area contributed by atoms with E-state index < -0.39 is 5.54 Å². The third-order valence-corrected chi connectivity index (χ3v) is 7.18. The van der Waals surface area contributed by atoms with Gasteiger partial charge in [-0.25, -0.2) is 4.39 Å². The first-order valence-electron chi connectivity index (χ1n) is 11.3. The summed E-state index contributed by atoms with van der Waals surface area (Å²) >= 11 is 0. The normalized spacial score (nSPS) is 25.7. The summed E-state index contributed by atoms with van der Waals surface area (Å²) in [5.41, 5.74) is 1.05. The van der Waals surface area contributed by atoms with E-state index in [1.54, 1.807) is 43.5 Å². The van der Waals surface area contributed by atoms with Crippen LogP contribution in [0.4, 0.5) is 4.39 Å². The number of rotatable bonds is 4. The Labute approximate surface area is 186 Å². The highest BCUT2D eigenvalue weighted by Crippen LogP contribution is 2.34. The number of hydrogen-bond donors (Lipinski definition) is 1. The standard InChI is InChI=1S/C25H28FN3O3/c1-16-7-9-18(10-8-16)27-24(31)25(2)15-28-20-11-12-32-22(20)13-21(28)23(30)29(25)14-17-5-3-4-6-19(17)26/h3-6,11-13,16,18H,7-10,14-15H2,1-2H3,(H,27,31). The highest BCUT2D eigenvalue weighted by molar-refractivity contribution is 6.02. The molecule has 0 radical (unpaired) electrons. The number of fused-ring (bicyclic) bond motifs is 3. The molecular weight excluding hydrogens is 409 g/mol. The smallest absolute Gasteiger partial charge is 0.271 e. The van der Waals surface area contributed by atoms with E-state index in [-0.39, 0.29) is 36.8 Å². The lowest BCUT2D eigenvalue weighted by Crippen LogP contribution is -2.64. The van der Waals surface area contributed by atoms with Crippen molar-refractivity contribution in [3.63, 3.8) is 0 Å². The minimum atomic E-state index is -1.17. The molecule has 0 spiro atoms. The molecule has 3 heterocycles. The average Bonchev–Trinajstić information content (AvgIpc) is 3.36. The molecule has 0 saturated heterocycles. The summed E-state index contributed by atoms with van der Waals surface area (Å²) in [6, 6.07) is 9.99. The molecule has 7 heteroatoms. The predicted molar refractivity (Wildman–Crippen MR) is 118 cm³/mol. The molecule has 1 aliphatic heterocycles. The number of benzene rings is 1. The molecular formula is C25H28FN3O3. The lowest BCUT2D eigenvalue weighted by molar-refractivity contribution is -0.134. The zero-order valence-electron chi connectivity index (χ0n) is 18.4. The molecule has 1 aromatic carbocycles. The van der Waals surface area contributed by atoms with Crippen molar-refractivity contribution in [2.24, 2.45) is 5.92 Å². The second-order valence-electron chi connectivity index (χ2n) is 9.47. The van der Waals surface area contributed by atoms with Gasteiger partial charge in [0.05, 0.1) is 24.9 Å². The van der Waals surface area contributed by atoms with Gasteiger partial charge in [0.15, 0.2) is 5.58 Å². The van der Waals surface area contributed by atoms with Gasteiger partial charge in [0.25, 0.3) is 5.91 Å². The predicted octanol–water partition coefficient (Wildman–Crippen LogP) is 4.48. The fourth-order valence-corrected chi connectivity index (χ4v) is 5.06. The van der Waals surface area contributed by atoms with E-state index >= 15 is 0 Å². The van der Waals surface area contributed by atoms with Crippen LogP contribution in [0, 0.1) is 11.7 Å². The van der Waals surface area contributed by atoms with Gasteiger partial charge in [0.1, 0.15) is 17.1 Å². The van der Waals surface area contributed by atoms with E-state index in [1.165, 1.54) is 11.0 Å². The van der Waals surface area contributed by atoms with E-state index in [4.69, 9.17) is 4.42 Å². The summed E-state index contributed by atoms with van der Waals surface area (Å²) in [5.74, 6) is -0.220. The molecule has 1 aliphatic carbocycles. The Morgan fingerprint density at radius 1 is 1.22 bits per heavy atom. The van der Waals surface area contributed by atoms with Crippen LogP contribution >= 0.6 is 0 Å². The minimum Gasteiger partial charge on any atom is -0.463 e. The maximum absolute atomic E-state index is 14.5. The Bertz CT molecular complexity index is 1170. The van der Waals surface area contributed by atoms with E-state index in [0.717, 1.165) is 31.2 Å². The van der Waals surface area contributed by atoms with Crippen LogP contribution in [0.15, 0.2) is 47.1 Å². The van der Waals surface area contributed by atoms with Crippen molar-refractivity contribution in [1.29, 1.82) is 0 Å². The van der Waals surface area contributed by atoms with Gasteiger partial charge in [-0.05, 0) is 44.6 Å². The van der Waals surface area contributed by atoms with Crippen molar-refractivity contribution < 1.29 is 18.4 Å². The molecule has 2 amide bonds. The fourth-order valence-electron chi connectivity index (χ4n) is 5.06. The lowest BCUT2D eigenvalue weighted by Gasteiger charge is -2.45. The zero-order chi connectivity index (χ0) is 22.5. The maximum Gasteiger partial charge on any atom is 0.271 e. The van der Waals surface area contributed by atoms with Gasteiger partial charge in [-0.1, -0.05) is 25.1 Å². The summed E-state index contributed by atoms with van der Waals surface area (Å²) < 4.78 is 21.8. The van der Waals surface area contributed by atoms with E-state index in [0.29, 0.717) is 22.8 Å². The Balaban J connectivity index is 1.52. The van der Waals surface area contributed by atoms with Crippen LogP contribution in [0.1, 0.15) is 55.6 Å². The average molecular weight is 438 g/mol. The topological polar surface area (TPSA) is 67.5 Å². The fraction of sp³-hybridized carbons (Fsp3) is 0.440. The molecule has 6 nitrogen and oxygen atoms in total. The summed E-state index contributed by atoms with van der Waals surface area (Å²) in [6.45, 7) is 4.31. The van der Waals surface area contributed by atoms with Crippen molar-refractivity contribution >= 4 is 22.9 Å². The third kappa shape index (κ3) is 3.40. The summed E-state index contributed by atoms with van der Waals surface area (Å²) in [6.07, 6.45) is 5.61. The van der Waals surface area contributed by atoms with Crippen molar-refractivity contribution in [3.8, 4) is 0 Å². The molecule has 3 aromatic rings. The number of nitrogens with one attached hydrogen (secondary N) is 1. The van der Waals surface area contributed by atoms with Gasteiger partial charge in [0, 0.05) is 23.7 Å². The van der Waals surface area contributed by atoms with Gasteiger partial charge >= 0.3 is 0 Å². The number of amides is 2. The Morgan fingerprint density at radius 3 is 2.72 bits per heavy atom. The van der Waals surface area contributed by atoms with E-state index in [9.17, 15) is 14.0 Å². The first-order valence-corrected chi connectivity index (χ1v) is 11.3. The van der Waals surface area contributed by atoms with Crippen LogP contribution in [0.3, 0.4) is 0 Å². The molecule has 5 rings (SSSR count). The monoisotopic (exact) mass is 437 g/mol. The van der Waals surface area contributed by atoms with Gasteiger partial charge in [-0.3, -0.25) is 9.59 Å². The molecule has 2 aliphatic rings. The highest BCUT2D eigenvalue weighted by Gasteiger charge is 2.48. The van der Waals surface area contributed by atoms with Gasteiger partial charge in [-0.15, -0.1) is 0 Å². The molecule has 1 N–H and O–H groups in total. The first-order chi connectivity index (χ1) is 15.4. The molecule has 1 atom stereocenters. The molecule has 1 unspecified atom stereocenters. The maximum atomic E-state index is 14.5. The van der Waals surface area contributed by atoms with Crippen LogP contribution < -0.4 is 5.32 Å². The second kappa shape index (κ2) is 7.80. The molecule has 2 aromatic heterocycles. The van der Waals surface area contributed by atoms with Crippen molar-refractivity contribution in [2.45, 2.75) is 64.2 Å². The molecule has 1 saturated carbocycles. The van der Waals surface area contributed by atoms with E-state index in [2.05, 4.69) is 12.2 Å². The second-order valence-corrected chi connectivity index (χ2v) is 9.47. The summed E-state index contributed by atoms with van der Waals surface area (Å²) in [4.78, 5) is 28.8. The van der Waals surface area contributed by atoms with Gasteiger partial charge < -0.3 is 19.2 Å². The third-order valence-electron chi connectivity index (χ3n) is 7.18. The van der Waals surface area contributed by atoms with Crippen LogP contribution in [0.2, 0.25) is 0 Å². The van der Waals surface area contributed by atoms with Gasteiger partial charge in [-0.2, -0.15) is 0 Å². The van der Waals surface area contributed by atoms with Crippen molar-refractivity contribution in [1.82, 2.24) is 14.8 Å². The Kier molecular flexibility index (Phi) is 5.07. The number of carbonyl (C=O) groups excluding carboxylic acids is 2. The summed E-state index contributed by atoms with van der Waals surface area (Å²) in [7, 11) is 0. The number of carbonyl (C=O) groups is 2. The highest BCUT2D eigenvalue weighted by atomic mass is 19.1. The number of halogens is 1. The van der Waals surface area contributed by atoms with Crippen molar-refractivity contribution in [3.05, 3.63) is 59.7 Å². The first kappa shape index (κ1) is 20.8. The molecule has 32 heavy (non-hydrogen) atoms. The number of furan rings is 1. The Hall–Kier alpha value is -3.09. The number of aromatic nitrogens is 1. The van der Waals surface area contributed by atoms with Crippen LogP contribution in [0.25, 0.3) is 11.1 Å². The number of nitrogens with zero attached hydrogens (tertiary/aromatic N) is 2.